The molecular formula is C13H11ClN4O2S. The van der Waals surface area contributed by atoms with Gasteiger partial charge in [0, 0.05) is 18.9 Å². The first kappa shape index (κ1) is 15.1. The molecule has 2 aromatic heterocycles. The van der Waals surface area contributed by atoms with E-state index in [1.54, 1.807) is 24.4 Å². The Hall–Kier alpha value is -2.25. The Morgan fingerprint density at radius 3 is 3.10 bits per heavy atom. The summed E-state index contributed by atoms with van der Waals surface area (Å²) in [5.74, 6) is -0.395. The Morgan fingerprint density at radius 1 is 1.62 bits per heavy atom. The van der Waals surface area contributed by atoms with Crippen LogP contribution in [0.15, 0.2) is 47.1 Å². The number of hydrazone groups is 1. The molecule has 0 unspecified atom stereocenters. The van der Waals surface area contributed by atoms with E-state index in [1.807, 2.05) is 0 Å². The number of carbonyl (C=O) groups excluding carboxylic acids is 1. The number of nitrogens with one attached hydrogen (secondary N) is 1. The van der Waals surface area contributed by atoms with Gasteiger partial charge >= 0.3 is 4.87 Å². The number of rotatable bonds is 5. The fourth-order valence-electron chi connectivity index (χ4n) is 1.48. The van der Waals surface area contributed by atoms with Crippen LogP contribution in [0.5, 0.6) is 0 Å². The molecule has 1 amide bonds. The quantitative estimate of drug-likeness (QED) is 0.519. The number of aromatic nitrogens is 2. The van der Waals surface area contributed by atoms with Crippen molar-refractivity contribution in [2.24, 2.45) is 5.10 Å². The maximum absolute atomic E-state index is 11.7. The van der Waals surface area contributed by atoms with Crippen molar-refractivity contribution in [1.29, 1.82) is 0 Å². The standard InChI is InChI=1S/C13H11ClN4O2S/c1-2-6-18-11(14)10(21-13(18)20)8-16-17-12(19)9-4-3-5-15-7-9/h2-5,7-8H,1,6H2,(H,17,19)/b16-8-. The molecule has 0 atom stereocenters. The smallest absolute Gasteiger partial charge is 0.285 e. The lowest BCUT2D eigenvalue weighted by atomic mass is 10.3. The summed E-state index contributed by atoms with van der Waals surface area (Å²) in [4.78, 5) is 27.5. The first-order chi connectivity index (χ1) is 10.1. The summed E-state index contributed by atoms with van der Waals surface area (Å²) < 4.78 is 1.36. The van der Waals surface area contributed by atoms with E-state index in [2.05, 4.69) is 22.1 Å². The molecule has 0 aliphatic carbocycles. The average Bonchev–Trinajstić information content (AvgIpc) is 2.76. The zero-order chi connectivity index (χ0) is 15.2. The number of nitrogens with zero attached hydrogens (tertiary/aromatic N) is 3. The molecule has 0 radical (unpaired) electrons. The number of amides is 1. The van der Waals surface area contributed by atoms with Crippen LogP contribution in [0.3, 0.4) is 0 Å². The number of thiazole rings is 1. The van der Waals surface area contributed by atoms with Crippen molar-refractivity contribution in [3.63, 3.8) is 0 Å². The van der Waals surface area contributed by atoms with E-state index in [0.29, 0.717) is 17.0 Å². The summed E-state index contributed by atoms with van der Waals surface area (Å²) in [5.41, 5.74) is 2.73. The number of hydrogen-bond acceptors (Lipinski definition) is 5. The van der Waals surface area contributed by atoms with Gasteiger partial charge in [-0.2, -0.15) is 5.10 Å². The molecule has 0 aromatic carbocycles. The van der Waals surface area contributed by atoms with E-state index in [-0.39, 0.29) is 10.0 Å². The van der Waals surface area contributed by atoms with Crippen molar-refractivity contribution >= 4 is 35.1 Å². The van der Waals surface area contributed by atoms with Gasteiger partial charge in [-0.05, 0) is 12.1 Å². The molecule has 0 spiro atoms. The molecule has 0 bridgehead atoms. The van der Waals surface area contributed by atoms with Gasteiger partial charge in [0.15, 0.2) is 0 Å². The van der Waals surface area contributed by atoms with Gasteiger partial charge in [-0.3, -0.25) is 19.1 Å². The molecule has 0 aliphatic rings. The van der Waals surface area contributed by atoms with Crippen molar-refractivity contribution in [3.8, 4) is 0 Å². The fraction of sp³-hybridized carbons (Fsp3) is 0.0769. The van der Waals surface area contributed by atoms with Gasteiger partial charge in [0.05, 0.1) is 16.7 Å². The van der Waals surface area contributed by atoms with Crippen molar-refractivity contribution in [2.75, 3.05) is 0 Å². The molecule has 2 rings (SSSR count). The van der Waals surface area contributed by atoms with Crippen LogP contribution in [-0.2, 0) is 6.54 Å². The van der Waals surface area contributed by atoms with E-state index in [9.17, 15) is 9.59 Å². The van der Waals surface area contributed by atoms with Gasteiger partial charge in [0.2, 0.25) is 0 Å². The Morgan fingerprint density at radius 2 is 2.43 bits per heavy atom. The summed E-state index contributed by atoms with van der Waals surface area (Å²) in [5, 5.41) is 4.06. The highest BCUT2D eigenvalue weighted by Crippen LogP contribution is 2.16. The highest BCUT2D eigenvalue weighted by molar-refractivity contribution is 7.11. The first-order valence-corrected chi connectivity index (χ1v) is 7.06. The first-order valence-electron chi connectivity index (χ1n) is 5.87. The van der Waals surface area contributed by atoms with Crippen LogP contribution in [0, 0.1) is 0 Å². The summed E-state index contributed by atoms with van der Waals surface area (Å²) >= 11 is 7.00. The second kappa shape index (κ2) is 6.96. The lowest BCUT2D eigenvalue weighted by Crippen LogP contribution is -2.17. The normalized spacial score (nSPS) is 10.7. The molecule has 21 heavy (non-hydrogen) atoms. The van der Waals surface area contributed by atoms with Crippen LogP contribution in [0.25, 0.3) is 0 Å². The molecule has 2 aromatic rings. The summed E-state index contributed by atoms with van der Waals surface area (Å²) in [6.45, 7) is 3.88. The predicted molar refractivity (Wildman–Crippen MR) is 83.1 cm³/mol. The third-order valence-electron chi connectivity index (χ3n) is 2.44. The average molecular weight is 323 g/mol. The number of carbonyl (C=O) groups is 1. The molecule has 6 nitrogen and oxygen atoms in total. The molecule has 0 aliphatic heterocycles. The van der Waals surface area contributed by atoms with E-state index < -0.39 is 5.91 Å². The fourth-order valence-corrected chi connectivity index (χ4v) is 2.60. The number of allylic oxidation sites excluding steroid dienone is 1. The Kier molecular flexibility index (Phi) is 5.02. The second-order valence-electron chi connectivity index (χ2n) is 3.86. The molecule has 1 N–H and O–H groups in total. The summed E-state index contributed by atoms with van der Waals surface area (Å²) in [6.07, 6.45) is 5.91. The summed E-state index contributed by atoms with van der Waals surface area (Å²) in [6, 6.07) is 3.26. The summed E-state index contributed by atoms with van der Waals surface area (Å²) in [7, 11) is 0. The van der Waals surface area contributed by atoms with Gasteiger partial charge in [-0.15, -0.1) is 6.58 Å². The molecular weight excluding hydrogens is 312 g/mol. The Balaban J connectivity index is 2.09. The SMILES string of the molecule is C=CCn1c(Cl)c(/C=N\NC(=O)c2cccnc2)sc1=O. The third-order valence-corrected chi connectivity index (χ3v) is 3.87. The highest BCUT2D eigenvalue weighted by atomic mass is 35.5. The molecule has 0 saturated carbocycles. The van der Waals surface area contributed by atoms with Crippen LogP contribution in [0.2, 0.25) is 5.15 Å². The topological polar surface area (TPSA) is 76.3 Å². The third kappa shape index (κ3) is 3.65. The maximum atomic E-state index is 11.7. The lowest BCUT2D eigenvalue weighted by Gasteiger charge is -1.98. The molecule has 0 saturated heterocycles. The zero-order valence-corrected chi connectivity index (χ0v) is 12.4. The van der Waals surface area contributed by atoms with E-state index in [4.69, 9.17) is 11.6 Å². The second-order valence-corrected chi connectivity index (χ2v) is 5.21. The Bertz CT molecular complexity index is 736. The highest BCUT2D eigenvalue weighted by Gasteiger charge is 2.10. The molecule has 2 heterocycles. The van der Waals surface area contributed by atoms with Crippen LogP contribution in [0.1, 0.15) is 15.2 Å². The van der Waals surface area contributed by atoms with Gasteiger partial charge in [0.1, 0.15) is 5.15 Å². The van der Waals surface area contributed by atoms with Gasteiger partial charge in [-0.25, -0.2) is 5.43 Å². The minimum absolute atomic E-state index is 0.208. The monoisotopic (exact) mass is 322 g/mol. The van der Waals surface area contributed by atoms with Gasteiger partial charge < -0.3 is 0 Å². The molecule has 8 heteroatoms. The van der Waals surface area contributed by atoms with Crippen LogP contribution in [0.4, 0.5) is 0 Å². The van der Waals surface area contributed by atoms with Crippen molar-refractivity contribution < 1.29 is 4.79 Å². The van der Waals surface area contributed by atoms with Crippen molar-refractivity contribution in [2.45, 2.75) is 6.54 Å². The number of halogens is 1. The lowest BCUT2D eigenvalue weighted by molar-refractivity contribution is 0.0955. The maximum Gasteiger partial charge on any atom is 0.309 e. The van der Waals surface area contributed by atoms with Gasteiger partial charge in [0.25, 0.3) is 5.91 Å². The number of hydrogen-bond donors (Lipinski definition) is 1. The van der Waals surface area contributed by atoms with Crippen LogP contribution >= 0.6 is 22.9 Å². The minimum atomic E-state index is -0.395. The molecule has 108 valence electrons. The van der Waals surface area contributed by atoms with Crippen molar-refractivity contribution in [1.82, 2.24) is 15.0 Å². The largest absolute Gasteiger partial charge is 0.309 e. The van der Waals surface area contributed by atoms with E-state index in [0.717, 1.165) is 11.3 Å². The minimum Gasteiger partial charge on any atom is -0.285 e. The number of pyridine rings is 1. The predicted octanol–water partition coefficient (Wildman–Crippen LogP) is 1.91. The Labute approximate surface area is 129 Å². The molecule has 0 fully saturated rings. The van der Waals surface area contributed by atoms with Crippen molar-refractivity contribution in [3.05, 3.63) is 62.4 Å². The van der Waals surface area contributed by atoms with Crippen LogP contribution in [-0.4, -0.2) is 21.7 Å². The zero-order valence-electron chi connectivity index (χ0n) is 10.8. The van der Waals surface area contributed by atoms with Crippen LogP contribution < -0.4 is 10.3 Å². The van der Waals surface area contributed by atoms with E-state index >= 15 is 0 Å². The van der Waals surface area contributed by atoms with Gasteiger partial charge in [-0.1, -0.05) is 29.0 Å². The van der Waals surface area contributed by atoms with E-state index in [1.165, 1.54) is 17.0 Å².